The first kappa shape index (κ1) is 16.4. The van der Waals surface area contributed by atoms with Crippen LogP contribution in [0.1, 0.15) is 32.4 Å². The van der Waals surface area contributed by atoms with Crippen molar-refractivity contribution >= 4 is 34.8 Å². The minimum absolute atomic E-state index is 0. The third kappa shape index (κ3) is 5.02. The Morgan fingerprint density at radius 3 is 2.71 bits per heavy atom. The van der Waals surface area contributed by atoms with Gasteiger partial charge in [-0.1, -0.05) is 0 Å². The van der Waals surface area contributed by atoms with Crippen LogP contribution in [-0.4, -0.2) is 23.5 Å². The van der Waals surface area contributed by atoms with E-state index in [4.69, 9.17) is 5.73 Å². The summed E-state index contributed by atoms with van der Waals surface area (Å²) in [5.74, 6) is 0.106. The molecule has 1 atom stereocenters. The van der Waals surface area contributed by atoms with Gasteiger partial charge in [0.05, 0.1) is 5.69 Å². The smallest absolute Gasteiger partial charge is 0.228 e. The standard InChI is InChI=1S/C11H19N3OS.ClH/c1-4-14(10(15)6-5-8(2)12)11-13-9(3)7-16-11;/h7-8H,4-6,12H2,1-3H3;1H. The second-order valence-electron chi connectivity index (χ2n) is 3.93. The number of carbonyl (C=O) groups excluding carboxylic acids is 1. The zero-order valence-electron chi connectivity index (χ0n) is 10.5. The minimum atomic E-state index is 0. The lowest BCUT2D eigenvalue weighted by Crippen LogP contribution is -2.31. The van der Waals surface area contributed by atoms with Gasteiger partial charge >= 0.3 is 0 Å². The van der Waals surface area contributed by atoms with E-state index in [0.29, 0.717) is 13.0 Å². The number of aryl methyl sites for hydroxylation is 1. The van der Waals surface area contributed by atoms with Gasteiger partial charge < -0.3 is 5.73 Å². The molecular formula is C11H20ClN3OS. The van der Waals surface area contributed by atoms with E-state index < -0.39 is 0 Å². The van der Waals surface area contributed by atoms with E-state index in [1.165, 1.54) is 11.3 Å². The number of amides is 1. The maximum absolute atomic E-state index is 11.9. The second-order valence-corrected chi connectivity index (χ2v) is 4.76. The molecule has 98 valence electrons. The molecule has 0 fully saturated rings. The lowest BCUT2D eigenvalue weighted by atomic mass is 10.2. The first-order valence-corrected chi connectivity index (χ1v) is 6.40. The van der Waals surface area contributed by atoms with Crippen LogP contribution in [0.2, 0.25) is 0 Å². The molecule has 0 aliphatic heterocycles. The summed E-state index contributed by atoms with van der Waals surface area (Å²) in [6.45, 7) is 6.46. The number of rotatable bonds is 5. The van der Waals surface area contributed by atoms with Crippen molar-refractivity contribution in [1.29, 1.82) is 0 Å². The molecule has 1 aromatic heterocycles. The summed E-state index contributed by atoms with van der Waals surface area (Å²) in [4.78, 5) is 18.0. The fraction of sp³-hybridized carbons (Fsp3) is 0.636. The molecule has 0 bridgehead atoms. The Morgan fingerprint density at radius 1 is 1.65 bits per heavy atom. The van der Waals surface area contributed by atoms with Crippen molar-refractivity contribution in [1.82, 2.24) is 4.98 Å². The molecule has 1 aromatic rings. The first-order chi connectivity index (χ1) is 7.54. The molecule has 0 saturated carbocycles. The number of thiazole rings is 1. The summed E-state index contributed by atoms with van der Waals surface area (Å²) in [6, 6.07) is 0.0701. The molecule has 0 spiro atoms. The number of anilines is 1. The number of nitrogens with zero attached hydrogens (tertiary/aromatic N) is 2. The van der Waals surface area contributed by atoms with Gasteiger partial charge in [-0.3, -0.25) is 9.69 Å². The van der Waals surface area contributed by atoms with Crippen molar-refractivity contribution in [2.75, 3.05) is 11.4 Å². The highest BCUT2D eigenvalue weighted by Gasteiger charge is 2.16. The predicted molar refractivity (Wildman–Crippen MR) is 75.0 cm³/mol. The van der Waals surface area contributed by atoms with Crippen LogP contribution >= 0.6 is 23.7 Å². The lowest BCUT2D eigenvalue weighted by molar-refractivity contribution is -0.118. The molecular weight excluding hydrogens is 258 g/mol. The molecule has 0 saturated heterocycles. The van der Waals surface area contributed by atoms with E-state index in [1.807, 2.05) is 26.2 Å². The van der Waals surface area contributed by atoms with Gasteiger partial charge in [0.25, 0.3) is 0 Å². The van der Waals surface area contributed by atoms with Crippen molar-refractivity contribution in [3.63, 3.8) is 0 Å². The van der Waals surface area contributed by atoms with Gasteiger partial charge in [-0.15, -0.1) is 23.7 Å². The lowest BCUT2D eigenvalue weighted by Gasteiger charge is -2.18. The first-order valence-electron chi connectivity index (χ1n) is 5.52. The summed E-state index contributed by atoms with van der Waals surface area (Å²) >= 11 is 1.51. The summed E-state index contributed by atoms with van der Waals surface area (Å²) in [6.07, 6.45) is 1.21. The Bertz CT molecular complexity index is 354. The summed E-state index contributed by atoms with van der Waals surface area (Å²) in [7, 11) is 0. The molecule has 1 unspecified atom stereocenters. The monoisotopic (exact) mass is 277 g/mol. The molecule has 17 heavy (non-hydrogen) atoms. The molecule has 1 rings (SSSR count). The second kappa shape index (κ2) is 7.63. The average molecular weight is 278 g/mol. The van der Waals surface area contributed by atoms with Crippen molar-refractivity contribution in [2.45, 2.75) is 39.7 Å². The maximum atomic E-state index is 11.9. The largest absolute Gasteiger partial charge is 0.328 e. The highest BCUT2D eigenvalue weighted by molar-refractivity contribution is 7.14. The highest BCUT2D eigenvalue weighted by atomic mass is 35.5. The third-order valence-electron chi connectivity index (χ3n) is 2.27. The number of aromatic nitrogens is 1. The van der Waals surface area contributed by atoms with E-state index in [9.17, 15) is 4.79 Å². The highest BCUT2D eigenvalue weighted by Crippen LogP contribution is 2.20. The SMILES string of the molecule is CCN(C(=O)CCC(C)N)c1nc(C)cs1.Cl. The molecule has 4 nitrogen and oxygen atoms in total. The fourth-order valence-electron chi connectivity index (χ4n) is 1.37. The number of hydrogen-bond acceptors (Lipinski definition) is 4. The van der Waals surface area contributed by atoms with Gasteiger partial charge in [0.2, 0.25) is 5.91 Å². The van der Waals surface area contributed by atoms with Crippen molar-refractivity contribution in [2.24, 2.45) is 5.73 Å². The Hall–Kier alpha value is -0.650. The van der Waals surface area contributed by atoms with Gasteiger partial charge in [0.1, 0.15) is 0 Å². The normalized spacial score (nSPS) is 11.8. The van der Waals surface area contributed by atoms with Crippen LogP contribution in [0.4, 0.5) is 5.13 Å². The molecule has 0 aromatic carbocycles. The van der Waals surface area contributed by atoms with Crippen LogP contribution in [0.15, 0.2) is 5.38 Å². The zero-order valence-corrected chi connectivity index (χ0v) is 12.1. The Morgan fingerprint density at radius 2 is 2.29 bits per heavy atom. The summed E-state index contributed by atoms with van der Waals surface area (Å²) < 4.78 is 0. The van der Waals surface area contributed by atoms with Crippen LogP contribution in [0.3, 0.4) is 0 Å². The average Bonchev–Trinajstić information content (AvgIpc) is 2.63. The summed E-state index contributed by atoms with van der Waals surface area (Å²) in [5, 5.41) is 2.74. The Labute approximate surface area is 113 Å². The third-order valence-corrected chi connectivity index (χ3v) is 3.25. The Kier molecular flexibility index (Phi) is 7.34. The van der Waals surface area contributed by atoms with Crippen LogP contribution < -0.4 is 10.6 Å². The van der Waals surface area contributed by atoms with E-state index >= 15 is 0 Å². The van der Waals surface area contributed by atoms with Crippen molar-refractivity contribution in [3.05, 3.63) is 11.1 Å². The molecule has 2 N–H and O–H groups in total. The van der Waals surface area contributed by atoms with Gasteiger partial charge in [0, 0.05) is 24.4 Å². The number of carbonyl (C=O) groups is 1. The fourth-order valence-corrected chi connectivity index (χ4v) is 2.25. The molecule has 0 aliphatic carbocycles. The van der Waals surface area contributed by atoms with Crippen LogP contribution in [0, 0.1) is 6.92 Å². The van der Waals surface area contributed by atoms with E-state index in [-0.39, 0.29) is 24.4 Å². The van der Waals surface area contributed by atoms with Crippen molar-refractivity contribution in [3.8, 4) is 0 Å². The van der Waals surface area contributed by atoms with Crippen LogP contribution in [0.5, 0.6) is 0 Å². The van der Waals surface area contributed by atoms with Gasteiger partial charge in [-0.2, -0.15) is 0 Å². The molecule has 1 amide bonds. The molecule has 1 heterocycles. The number of hydrogen-bond donors (Lipinski definition) is 1. The molecule has 6 heteroatoms. The Balaban J connectivity index is 0.00000256. The topological polar surface area (TPSA) is 59.2 Å². The van der Waals surface area contributed by atoms with Crippen LogP contribution in [-0.2, 0) is 4.79 Å². The zero-order chi connectivity index (χ0) is 12.1. The molecule has 0 radical (unpaired) electrons. The maximum Gasteiger partial charge on any atom is 0.228 e. The van der Waals surface area contributed by atoms with Gasteiger partial charge in [-0.25, -0.2) is 4.98 Å². The minimum Gasteiger partial charge on any atom is -0.328 e. The summed E-state index contributed by atoms with van der Waals surface area (Å²) in [5.41, 5.74) is 6.60. The number of halogens is 1. The van der Waals surface area contributed by atoms with Crippen molar-refractivity contribution < 1.29 is 4.79 Å². The molecule has 0 aliphatic rings. The van der Waals surface area contributed by atoms with E-state index in [2.05, 4.69) is 4.98 Å². The van der Waals surface area contributed by atoms with E-state index in [0.717, 1.165) is 17.2 Å². The predicted octanol–water partition coefficient (Wildman–Crippen LogP) is 2.35. The van der Waals surface area contributed by atoms with Crippen LogP contribution in [0.25, 0.3) is 0 Å². The van der Waals surface area contributed by atoms with Gasteiger partial charge in [-0.05, 0) is 27.2 Å². The number of nitrogens with two attached hydrogens (primary N) is 1. The quantitative estimate of drug-likeness (QED) is 0.899. The van der Waals surface area contributed by atoms with E-state index in [1.54, 1.807) is 4.90 Å². The van der Waals surface area contributed by atoms with Gasteiger partial charge in [0.15, 0.2) is 5.13 Å².